The fourth-order valence-corrected chi connectivity index (χ4v) is 2.28. The Balaban J connectivity index is 1.85. The molecule has 0 aromatic heterocycles. The molecule has 2 aromatic rings. The summed E-state index contributed by atoms with van der Waals surface area (Å²) in [5.74, 6) is -1.64. The fourth-order valence-electron chi connectivity index (χ4n) is 1.90. The van der Waals surface area contributed by atoms with E-state index in [-0.39, 0.29) is 5.56 Å². The Bertz CT molecular complexity index is 790. The molecule has 0 aliphatic carbocycles. The number of halogens is 2. The van der Waals surface area contributed by atoms with Gasteiger partial charge >= 0.3 is 5.97 Å². The van der Waals surface area contributed by atoms with Crippen molar-refractivity contribution < 1.29 is 18.7 Å². The molecule has 2 rings (SSSR count). The lowest BCUT2D eigenvalue weighted by Crippen LogP contribution is -2.20. The maximum atomic E-state index is 13.5. The zero-order valence-electron chi connectivity index (χ0n) is 12.9. The molecule has 0 bridgehead atoms. The Hall–Kier alpha value is -2.47. The number of rotatable bonds is 5. The summed E-state index contributed by atoms with van der Waals surface area (Å²) < 4.78 is 19.0. The Kier molecular flexibility index (Phi) is 6.26. The van der Waals surface area contributed by atoms with Crippen molar-refractivity contribution in [1.29, 1.82) is 0 Å². The minimum Gasteiger partial charge on any atom is -0.452 e. The molecule has 0 radical (unpaired) electrons. The van der Waals surface area contributed by atoms with Gasteiger partial charge in [-0.15, -0.1) is 0 Å². The van der Waals surface area contributed by atoms with Crippen molar-refractivity contribution in [3.63, 3.8) is 0 Å². The summed E-state index contributed by atoms with van der Waals surface area (Å²) in [7, 11) is 0. The van der Waals surface area contributed by atoms with Gasteiger partial charge in [0.05, 0.1) is 0 Å². The standard InChI is InChI=1S/C18H15BrFNO3/c1-12-3-2-4-15(9-12)21-17(22)11-24-18(23)8-5-13-10-14(19)6-7-16(13)20/h2-10H,11H2,1H3,(H,21,22)/b8-5+. The van der Waals surface area contributed by atoms with Crippen molar-refractivity contribution in [2.45, 2.75) is 6.92 Å². The first-order valence-electron chi connectivity index (χ1n) is 7.10. The number of esters is 1. The molecule has 0 aliphatic rings. The second-order valence-corrected chi connectivity index (χ2v) is 5.94. The number of carbonyl (C=O) groups is 2. The Morgan fingerprint density at radius 3 is 2.79 bits per heavy atom. The average molecular weight is 392 g/mol. The fraction of sp³-hybridized carbons (Fsp3) is 0.111. The van der Waals surface area contributed by atoms with E-state index in [1.807, 2.05) is 19.1 Å². The van der Waals surface area contributed by atoms with Crippen molar-refractivity contribution in [3.8, 4) is 0 Å². The van der Waals surface area contributed by atoms with E-state index in [1.165, 1.54) is 18.2 Å². The quantitative estimate of drug-likeness (QED) is 0.616. The van der Waals surface area contributed by atoms with Crippen molar-refractivity contribution in [2.75, 3.05) is 11.9 Å². The molecule has 0 aliphatic heterocycles. The van der Waals surface area contributed by atoms with Crippen LogP contribution >= 0.6 is 15.9 Å². The van der Waals surface area contributed by atoms with Gasteiger partial charge in [0, 0.05) is 21.8 Å². The monoisotopic (exact) mass is 391 g/mol. The van der Waals surface area contributed by atoms with Gasteiger partial charge in [-0.3, -0.25) is 4.79 Å². The molecule has 0 fully saturated rings. The van der Waals surface area contributed by atoms with Crippen molar-refractivity contribution >= 4 is 39.6 Å². The second kappa shape index (κ2) is 8.40. The number of hydrogen-bond donors (Lipinski definition) is 1. The summed E-state index contributed by atoms with van der Waals surface area (Å²) in [6.07, 6.45) is 2.37. The summed E-state index contributed by atoms with van der Waals surface area (Å²) in [5, 5.41) is 2.62. The van der Waals surface area contributed by atoms with Gasteiger partial charge in [-0.1, -0.05) is 28.1 Å². The molecule has 4 nitrogen and oxygen atoms in total. The molecular weight excluding hydrogens is 377 g/mol. The molecule has 124 valence electrons. The van der Waals surface area contributed by atoms with Gasteiger partial charge in [0.25, 0.3) is 5.91 Å². The summed E-state index contributed by atoms with van der Waals surface area (Å²) in [6, 6.07) is 11.6. The van der Waals surface area contributed by atoms with E-state index >= 15 is 0 Å². The molecule has 0 unspecified atom stereocenters. The Labute approximate surface area is 147 Å². The highest BCUT2D eigenvalue weighted by molar-refractivity contribution is 9.10. The first kappa shape index (κ1) is 17.9. The van der Waals surface area contributed by atoms with Gasteiger partial charge in [-0.2, -0.15) is 0 Å². The zero-order valence-corrected chi connectivity index (χ0v) is 14.5. The third-order valence-electron chi connectivity index (χ3n) is 3.00. The molecule has 1 N–H and O–H groups in total. The number of ether oxygens (including phenoxy) is 1. The molecule has 0 saturated carbocycles. The van der Waals surface area contributed by atoms with Gasteiger partial charge in [-0.25, -0.2) is 9.18 Å². The molecule has 0 saturated heterocycles. The summed E-state index contributed by atoms with van der Waals surface area (Å²) in [5.41, 5.74) is 1.87. The van der Waals surface area contributed by atoms with Crippen LogP contribution in [0.15, 0.2) is 53.0 Å². The molecule has 6 heteroatoms. The van der Waals surface area contributed by atoms with Gasteiger partial charge in [0.15, 0.2) is 6.61 Å². The van der Waals surface area contributed by atoms with Crippen LogP contribution in [0.2, 0.25) is 0 Å². The number of aryl methyl sites for hydroxylation is 1. The Morgan fingerprint density at radius 1 is 1.25 bits per heavy atom. The predicted molar refractivity (Wildman–Crippen MR) is 93.9 cm³/mol. The van der Waals surface area contributed by atoms with Crippen LogP contribution in [0.3, 0.4) is 0 Å². The highest BCUT2D eigenvalue weighted by atomic mass is 79.9. The average Bonchev–Trinajstić information content (AvgIpc) is 2.54. The minimum absolute atomic E-state index is 0.241. The van der Waals surface area contributed by atoms with Crippen LogP contribution < -0.4 is 5.32 Å². The minimum atomic E-state index is -0.728. The maximum Gasteiger partial charge on any atom is 0.331 e. The largest absolute Gasteiger partial charge is 0.452 e. The van der Waals surface area contributed by atoms with E-state index in [0.717, 1.165) is 11.6 Å². The second-order valence-electron chi connectivity index (χ2n) is 5.02. The topological polar surface area (TPSA) is 55.4 Å². The number of hydrogen-bond acceptors (Lipinski definition) is 3. The van der Waals surface area contributed by atoms with Crippen molar-refractivity contribution in [3.05, 3.63) is 70.0 Å². The molecule has 0 spiro atoms. The lowest BCUT2D eigenvalue weighted by molar-refractivity contribution is -0.142. The molecule has 0 heterocycles. The van der Waals surface area contributed by atoms with Crippen LogP contribution in [0, 0.1) is 12.7 Å². The number of nitrogens with one attached hydrogen (secondary N) is 1. The first-order valence-corrected chi connectivity index (χ1v) is 7.90. The van der Waals surface area contributed by atoms with Crippen LogP contribution in [-0.4, -0.2) is 18.5 Å². The SMILES string of the molecule is Cc1cccc(NC(=O)COC(=O)/C=C/c2cc(Br)ccc2F)c1. The lowest BCUT2D eigenvalue weighted by Gasteiger charge is -2.06. The molecular formula is C18H15BrFNO3. The van der Waals surface area contributed by atoms with Crippen LogP contribution in [-0.2, 0) is 14.3 Å². The van der Waals surface area contributed by atoms with E-state index in [0.29, 0.717) is 10.2 Å². The number of benzene rings is 2. The molecule has 2 aromatic carbocycles. The van der Waals surface area contributed by atoms with E-state index < -0.39 is 24.3 Å². The molecule has 24 heavy (non-hydrogen) atoms. The molecule has 1 amide bonds. The van der Waals surface area contributed by atoms with Crippen LogP contribution in [0.1, 0.15) is 11.1 Å². The summed E-state index contributed by atoms with van der Waals surface area (Å²) in [6.45, 7) is 1.49. The van der Waals surface area contributed by atoms with Gasteiger partial charge in [0.1, 0.15) is 5.82 Å². The zero-order chi connectivity index (χ0) is 17.5. The Morgan fingerprint density at radius 2 is 2.04 bits per heavy atom. The highest BCUT2D eigenvalue weighted by Crippen LogP contribution is 2.16. The highest BCUT2D eigenvalue weighted by Gasteiger charge is 2.06. The lowest BCUT2D eigenvalue weighted by atomic mass is 10.2. The number of anilines is 1. The van der Waals surface area contributed by atoms with Gasteiger partial charge < -0.3 is 10.1 Å². The molecule has 0 atom stereocenters. The maximum absolute atomic E-state index is 13.5. The van der Waals surface area contributed by atoms with Crippen molar-refractivity contribution in [1.82, 2.24) is 0 Å². The summed E-state index contributed by atoms with van der Waals surface area (Å²) >= 11 is 3.22. The normalized spacial score (nSPS) is 10.6. The van der Waals surface area contributed by atoms with E-state index in [1.54, 1.807) is 18.2 Å². The van der Waals surface area contributed by atoms with Gasteiger partial charge in [0.2, 0.25) is 0 Å². The number of carbonyl (C=O) groups excluding carboxylic acids is 2. The smallest absolute Gasteiger partial charge is 0.331 e. The van der Waals surface area contributed by atoms with E-state index in [2.05, 4.69) is 21.2 Å². The van der Waals surface area contributed by atoms with Crippen molar-refractivity contribution in [2.24, 2.45) is 0 Å². The number of amides is 1. The predicted octanol–water partition coefficient (Wildman–Crippen LogP) is 4.09. The summed E-state index contributed by atoms with van der Waals surface area (Å²) in [4.78, 5) is 23.3. The van der Waals surface area contributed by atoms with Crippen LogP contribution in [0.4, 0.5) is 10.1 Å². The first-order chi connectivity index (χ1) is 11.4. The van der Waals surface area contributed by atoms with E-state index in [4.69, 9.17) is 4.74 Å². The van der Waals surface area contributed by atoms with E-state index in [9.17, 15) is 14.0 Å². The van der Waals surface area contributed by atoms with Crippen LogP contribution in [0.5, 0.6) is 0 Å². The third-order valence-corrected chi connectivity index (χ3v) is 3.50. The van der Waals surface area contributed by atoms with Crippen LogP contribution in [0.25, 0.3) is 6.08 Å². The third kappa shape index (κ3) is 5.62. The van der Waals surface area contributed by atoms with Gasteiger partial charge in [-0.05, 0) is 48.9 Å².